The monoisotopic (exact) mass is 224 g/mol. The van der Waals surface area contributed by atoms with Gasteiger partial charge in [0.05, 0.1) is 0 Å². The van der Waals surface area contributed by atoms with Gasteiger partial charge in [-0.15, -0.1) is 6.42 Å². The largest absolute Gasteiger partial charge is 4.00 e. The molecule has 1 rings (SSSR count). The Morgan fingerprint density at radius 3 is 2.10 bits per heavy atom. The van der Waals surface area contributed by atoms with Gasteiger partial charge >= 0.3 is 19.5 Å². The molecule has 0 saturated carbocycles. The molecule has 1 aliphatic rings. The smallest absolute Gasteiger partial charge is 1.00 e. The summed E-state index contributed by atoms with van der Waals surface area (Å²) >= 11 is 0. The zero-order chi connectivity index (χ0) is 6.95. The quantitative estimate of drug-likeness (QED) is 0.364. The Kier molecular flexibility index (Phi) is 14.0. The van der Waals surface area contributed by atoms with Crippen LogP contribution in [0.3, 0.4) is 0 Å². The van der Waals surface area contributed by atoms with E-state index in [4.69, 9.17) is 0 Å². The van der Waals surface area contributed by atoms with Gasteiger partial charge in [-0.25, -0.2) is 12.2 Å². The normalized spacial score (nSPS) is 10.8. The molecular weight excluding hydrogens is 209 g/mol. The van der Waals surface area contributed by atoms with Gasteiger partial charge in [0.1, 0.15) is 0 Å². The molecule has 58 valence electrons. The van der Waals surface area contributed by atoms with Crippen LogP contribution >= 0.6 is 0 Å². The van der Waals surface area contributed by atoms with Crippen molar-refractivity contribution < 1.29 is 23.8 Å². The van der Waals surface area contributed by atoms with Crippen LogP contribution in [0.2, 0.25) is 0 Å². The van der Waals surface area contributed by atoms with Crippen LogP contribution in [0.1, 0.15) is 10.7 Å². The predicted molar refractivity (Wildman–Crippen MR) is 45.3 cm³/mol. The Bertz CT molecular complexity index is 126. The van der Waals surface area contributed by atoms with E-state index in [9.17, 15) is 0 Å². The summed E-state index contributed by atoms with van der Waals surface area (Å²) in [6.45, 7) is 6.72. The summed E-state index contributed by atoms with van der Waals surface area (Å²) in [6, 6.07) is 0. The summed E-state index contributed by atoms with van der Waals surface area (Å²) in [5, 5.41) is 0. The summed E-state index contributed by atoms with van der Waals surface area (Å²) < 4.78 is 0. The molecule has 0 unspecified atom stereocenters. The van der Waals surface area contributed by atoms with Gasteiger partial charge in [0.25, 0.3) is 0 Å². The van der Waals surface area contributed by atoms with E-state index in [1.54, 1.807) is 12.2 Å². The fraction of sp³-hybridized carbons (Fsp3) is 0.111. The van der Waals surface area contributed by atoms with Crippen molar-refractivity contribution in [3.8, 4) is 0 Å². The molecule has 0 nitrogen and oxygen atoms in total. The third-order valence-electron chi connectivity index (χ3n) is 0.753. The van der Waals surface area contributed by atoms with Gasteiger partial charge in [-0.2, -0.15) is 6.08 Å². The molecule has 1 heteroatoms. The maximum absolute atomic E-state index is 3.36. The van der Waals surface area contributed by atoms with E-state index in [1.165, 1.54) is 0 Å². The van der Waals surface area contributed by atoms with Crippen LogP contribution in [0.4, 0.5) is 0 Å². The first-order valence-corrected chi connectivity index (χ1v) is 2.87. The molecule has 0 N–H and O–H groups in total. The van der Waals surface area contributed by atoms with E-state index in [0.29, 0.717) is 0 Å². The first kappa shape index (κ1) is 12.3. The van der Waals surface area contributed by atoms with Crippen molar-refractivity contribution in [1.29, 1.82) is 0 Å². The van der Waals surface area contributed by atoms with Crippen LogP contribution in [-0.4, -0.2) is 0 Å². The van der Waals surface area contributed by atoms with E-state index < -0.39 is 0 Å². The summed E-state index contributed by atoms with van der Waals surface area (Å²) in [4.78, 5) is 0. The number of hydrogen-bond donors (Lipinski definition) is 0. The van der Waals surface area contributed by atoms with Gasteiger partial charge in [0.2, 0.25) is 0 Å². The maximum Gasteiger partial charge on any atom is 4.00 e. The average Bonchev–Trinajstić information content (AvgIpc) is 2.43. The van der Waals surface area contributed by atoms with E-state index >= 15 is 0 Å². The van der Waals surface area contributed by atoms with E-state index in [1.807, 2.05) is 12.2 Å². The predicted octanol–water partition coefficient (Wildman–Crippen LogP) is 3.00. The second-order valence-corrected chi connectivity index (χ2v) is 1.47. The fourth-order valence-electron chi connectivity index (χ4n) is 0.340. The molecule has 10 heavy (non-hydrogen) atoms. The first-order valence-electron chi connectivity index (χ1n) is 2.87. The van der Waals surface area contributed by atoms with E-state index in [-0.39, 0.29) is 23.8 Å². The SMILES string of the molecule is C=CC=C.[C-]1=CC=CC1.[H-].[H-].[H-].[Ru+4]. The minimum Gasteiger partial charge on any atom is -1.00 e. The zero-order valence-electron chi connectivity index (χ0n) is 8.86. The van der Waals surface area contributed by atoms with Crippen LogP contribution in [0.25, 0.3) is 0 Å². The molecular formula is C9H14Ru. The first-order chi connectivity index (χ1) is 4.41. The number of hydrogen-bond acceptors (Lipinski definition) is 0. The van der Waals surface area contributed by atoms with Crippen LogP contribution in [0.15, 0.2) is 43.5 Å². The minimum atomic E-state index is 0. The third-order valence-corrected chi connectivity index (χ3v) is 0.753. The fourth-order valence-corrected chi connectivity index (χ4v) is 0.340. The molecule has 0 atom stereocenters. The van der Waals surface area contributed by atoms with Crippen LogP contribution in [0, 0.1) is 6.08 Å². The standard InChI is InChI=1S/C5H5.C4H6.Ru.3H/c1-2-4-5-3-1;1-3-4-2;;;;/h1-3H,4H2;3-4H,1-2H2;;;;/q-1;;+4;3*-1. The molecule has 0 aliphatic heterocycles. The van der Waals surface area contributed by atoms with Gasteiger partial charge in [0, 0.05) is 0 Å². The molecule has 0 aromatic rings. The Labute approximate surface area is 80.2 Å². The van der Waals surface area contributed by atoms with Crippen molar-refractivity contribution in [2.24, 2.45) is 0 Å². The Morgan fingerprint density at radius 2 is 2.00 bits per heavy atom. The molecule has 0 spiro atoms. The van der Waals surface area contributed by atoms with Gasteiger partial charge in [-0.05, 0) is 0 Å². The molecule has 0 fully saturated rings. The average molecular weight is 223 g/mol. The summed E-state index contributed by atoms with van der Waals surface area (Å²) in [5.74, 6) is 0. The Hall–Kier alpha value is -0.417. The van der Waals surface area contributed by atoms with Gasteiger partial charge < -0.3 is 4.28 Å². The third kappa shape index (κ3) is 10.5. The van der Waals surface area contributed by atoms with E-state index in [0.717, 1.165) is 6.42 Å². The minimum absolute atomic E-state index is 0. The molecule has 0 bridgehead atoms. The molecule has 0 aromatic heterocycles. The molecule has 0 saturated heterocycles. The molecule has 0 heterocycles. The second kappa shape index (κ2) is 11.4. The van der Waals surface area contributed by atoms with Gasteiger partial charge in [-0.1, -0.05) is 25.3 Å². The zero-order valence-corrected chi connectivity index (χ0v) is 7.60. The van der Waals surface area contributed by atoms with Crippen molar-refractivity contribution in [2.45, 2.75) is 6.42 Å². The van der Waals surface area contributed by atoms with Crippen molar-refractivity contribution in [3.05, 3.63) is 49.6 Å². The van der Waals surface area contributed by atoms with Crippen LogP contribution in [-0.2, 0) is 19.5 Å². The molecule has 0 amide bonds. The van der Waals surface area contributed by atoms with Crippen molar-refractivity contribution >= 4 is 0 Å². The van der Waals surface area contributed by atoms with Gasteiger partial charge in [-0.3, -0.25) is 6.08 Å². The summed E-state index contributed by atoms with van der Waals surface area (Å²) in [5.41, 5.74) is 0. The van der Waals surface area contributed by atoms with Crippen molar-refractivity contribution in [3.63, 3.8) is 0 Å². The van der Waals surface area contributed by atoms with Crippen LogP contribution in [0.5, 0.6) is 0 Å². The number of rotatable bonds is 1. The second-order valence-electron chi connectivity index (χ2n) is 1.47. The Morgan fingerprint density at radius 1 is 1.40 bits per heavy atom. The van der Waals surface area contributed by atoms with Crippen molar-refractivity contribution in [1.82, 2.24) is 0 Å². The van der Waals surface area contributed by atoms with Gasteiger partial charge in [0.15, 0.2) is 0 Å². The number of allylic oxidation sites excluding steroid dienone is 6. The topological polar surface area (TPSA) is 0 Å². The Balaban J connectivity index is -0.0000000256. The van der Waals surface area contributed by atoms with Crippen molar-refractivity contribution in [2.75, 3.05) is 0 Å². The van der Waals surface area contributed by atoms with E-state index in [2.05, 4.69) is 25.3 Å². The summed E-state index contributed by atoms with van der Waals surface area (Å²) in [6.07, 6.45) is 13.3. The molecule has 1 aliphatic carbocycles. The molecule has 0 aromatic carbocycles. The van der Waals surface area contributed by atoms with Crippen LogP contribution < -0.4 is 0 Å². The maximum atomic E-state index is 3.36. The summed E-state index contributed by atoms with van der Waals surface area (Å²) in [7, 11) is 0. The molecule has 0 radical (unpaired) electrons.